The van der Waals surface area contributed by atoms with Crippen LogP contribution >= 0.6 is 23.2 Å². The molecular formula is C24H31Cl2FN2O4. The lowest BCUT2D eigenvalue weighted by Crippen LogP contribution is -2.47. The van der Waals surface area contributed by atoms with Crippen LogP contribution in [0.5, 0.6) is 11.5 Å². The van der Waals surface area contributed by atoms with Crippen molar-refractivity contribution in [2.45, 2.75) is 38.0 Å². The lowest BCUT2D eigenvalue weighted by molar-refractivity contribution is 0.0556. The summed E-state index contributed by atoms with van der Waals surface area (Å²) in [6, 6.07) is 9.85. The minimum atomic E-state index is -0.659. The molecule has 2 aromatic carbocycles. The summed E-state index contributed by atoms with van der Waals surface area (Å²) in [5.74, 6) is 0.842. The zero-order valence-corrected chi connectivity index (χ0v) is 20.2. The number of nitrogens with one attached hydrogen (secondary N) is 1. The Kier molecular flexibility index (Phi) is 10.0. The molecule has 3 N–H and O–H groups in total. The van der Waals surface area contributed by atoms with E-state index in [0.717, 1.165) is 25.9 Å². The van der Waals surface area contributed by atoms with E-state index in [1.54, 1.807) is 37.3 Å². The van der Waals surface area contributed by atoms with Crippen LogP contribution in [0.1, 0.15) is 18.4 Å². The first kappa shape index (κ1) is 26.0. The molecule has 0 saturated carbocycles. The van der Waals surface area contributed by atoms with Crippen LogP contribution in [0.25, 0.3) is 0 Å². The predicted octanol–water partition coefficient (Wildman–Crippen LogP) is 3.67. The fourth-order valence-corrected chi connectivity index (χ4v) is 3.98. The molecule has 33 heavy (non-hydrogen) atoms. The Morgan fingerprint density at radius 2 is 1.64 bits per heavy atom. The Hall–Kier alpha value is -1.61. The van der Waals surface area contributed by atoms with Crippen molar-refractivity contribution in [2.24, 2.45) is 0 Å². The Morgan fingerprint density at radius 3 is 2.30 bits per heavy atom. The van der Waals surface area contributed by atoms with Gasteiger partial charge in [-0.05, 0) is 68.8 Å². The minimum Gasteiger partial charge on any atom is -0.491 e. The number of hydrogen-bond donors (Lipinski definition) is 3. The standard InChI is InChI=1S/C24H31Cl2FN2O4/c1-16-10-20(3-5-24(16)27)32-14-18(30)12-28-17-6-8-29(9-7-17)13-19(31)15-33-21-2-4-22(25)23(26)11-21/h2-5,10-11,17-19,28,30-31H,6-9,12-15H2,1H3/t18-,19+/m0/s1. The van der Waals surface area contributed by atoms with E-state index in [2.05, 4.69) is 10.2 Å². The Bertz CT molecular complexity index is 897. The van der Waals surface area contributed by atoms with E-state index < -0.39 is 12.2 Å². The highest BCUT2D eigenvalue weighted by atomic mass is 35.5. The first-order chi connectivity index (χ1) is 15.8. The molecule has 2 atom stereocenters. The quantitative estimate of drug-likeness (QED) is 0.437. The summed E-state index contributed by atoms with van der Waals surface area (Å²) in [7, 11) is 0. The molecule has 0 bridgehead atoms. The second-order valence-corrected chi connectivity index (χ2v) is 9.21. The van der Waals surface area contributed by atoms with Gasteiger partial charge in [0, 0.05) is 25.2 Å². The van der Waals surface area contributed by atoms with Gasteiger partial charge in [-0.25, -0.2) is 4.39 Å². The Balaban J connectivity index is 1.29. The van der Waals surface area contributed by atoms with Crippen LogP contribution < -0.4 is 14.8 Å². The van der Waals surface area contributed by atoms with Gasteiger partial charge >= 0.3 is 0 Å². The lowest BCUT2D eigenvalue weighted by Gasteiger charge is -2.33. The molecule has 0 unspecified atom stereocenters. The van der Waals surface area contributed by atoms with Gasteiger partial charge in [-0.2, -0.15) is 0 Å². The monoisotopic (exact) mass is 500 g/mol. The SMILES string of the molecule is Cc1cc(OC[C@@H](O)CNC2CCN(C[C@@H](O)COc3ccc(Cl)c(Cl)c3)CC2)ccc1F. The molecule has 2 aromatic rings. The summed E-state index contributed by atoms with van der Waals surface area (Å²) in [6.07, 6.45) is 0.572. The first-order valence-electron chi connectivity index (χ1n) is 11.1. The summed E-state index contributed by atoms with van der Waals surface area (Å²) in [5, 5.41) is 24.8. The summed E-state index contributed by atoms with van der Waals surface area (Å²) in [6.45, 7) is 4.64. The van der Waals surface area contributed by atoms with Crippen molar-refractivity contribution in [1.82, 2.24) is 10.2 Å². The normalized spacial score (nSPS) is 17.0. The van der Waals surface area contributed by atoms with Crippen molar-refractivity contribution in [3.63, 3.8) is 0 Å². The third-order valence-corrected chi connectivity index (χ3v) is 6.34. The molecule has 0 aromatic heterocycles. The number of rotatable bonds is 11. The highest BCUT2D eigenvalue weighted by Gasteiger charge is 2.22. The number of piperidine rings is 1. The van der Waals surface area contributed by atoms with E-state index in [4.69, 9.17) is 32.7 Å². The van der Waals surface area contributed by atoms with E-state index in [0.29, 0.717) is 46.2 Å². The van der Waals surface area contributed by atoms with Crippen molar-refractivity contribution >= 4 is 23.2 Å². The fourth-order valence-electron chi connectivity index (χ4n) is 3.69. The number of ether oxygens (including phenoxy) is 2. The van der Waals surface area contributed by atoms with Crippen LogP contribution in [-0.4, -0.2) is 72.8 Å². The number of halogens is 3. The smallest absolute Gasteiger partial charge is 0.126 e. The van der Waals surface area contributed by atoms with Crippen molar-refractivity contribution in [3.05, 3.63) is 57.8 Å². The third kappa shape index (κ3) is 8.59. The van der Waals surface area contributed by atoms with Gasteiger partial charge in [-0.3, -0.25) is 0 Å². The summed E-state index contributed by atoms with van der Waals surface area (Å²) in [5.41, 5.74) is 0.512. The largest absolute Gasteiger partial charge is 0.491 e. The number of aliphatic hydroxyl groups is 2. The maximum Gasteiger partial charge on any atom is 0.126 e. The van der Waals surface area contributed by atoms with E-state index in [1.807, 2.05) is 0 Å². The molecule has 0 spiro atoms. The Morgan fingerprint density at radius 1 is 1.00 bits per heavy atom. The van der Waals surface area contributed by atoms with Gasteiger partial charge < -0.3 is 29.9 Å². The molecule has 0 radical (unpaired) electrons. The molecule has 1 fully saturated rings. The summed E-state index contributed by atoms with van der Waals surface area (Å²) in [4.78, 5) is 2.21. The van der Waals surface area contributed by atoms with E-state index in [9.17, 15) is 14.6 Å². The van der Waals surface area contributed by atoms with Crippen molar-refractivity contribution in [2.75, 3.05) is 39.4 Å². The Labute approximate surface area is 204 Å². The number of β-amino-alcohol motifs (C(OH)–C–C–N with tert-alkyl or cyclic N) is 1. The second kappa shape index (κ2) is 12.7. The van der Waals surface area contributed by atoms with Gasteiger partial charge in [0.05, 0.1) is 10.0 Å². The highest BCUT2D eigenvalue weighted by molar-refractivity contribution is 6.42. The van der Waals surface area contributed by atoms with Crippen LogP contribution in [0.3, 0.4) is 0 Å². The molecule has 1 aliphatic rings. The summed E-state index contributed by atoms with van der Waals surface area (Å²) < 4.78 is 24.5. The molecule has 182 valence electrons. The molecule has 6 nitrogen and oxygen atoms in total. The molecule has 1 aliphatic heterocycles. The van der Waals surface area contributed by atoms with Crippen LogP contribution in [0, 0.1) is 12.7 Å². The highest BCUT2D eigenvalue weighted by Crippen LogP contribution is 2.26. The average molecular weight is 501 g/mol. The van der Waals surface area contributed by atoms with Crippen molar-refractivity contribution in [1.29, 1.82) is 0 Å². The van der Waals surface area contributed by atoms with E-state index in [-0.39, 0.29) is 19.0 Å². The molecule has 9 heteroatoms. The maximum absolute atomic E-state index is 13.3. The zero-order chi connectivity index (χ0) is 23.8. The topological polar surface area (TPSA) is 74.2 Å². The van der Waals surface area contributed by atoms with Crippen LogP contribution in [-0.2, 0) is 0 Å². The van der Waals surface area contributed by atoms with Crippen molar-refractivity contribution in [3.8, 4) is 11.5 Å². The van der Waals surface area contributed by atoms with Gasteiger partial charge in [0.2, 0.25) is 0 Å². The number of hydrogen-bond acceptors (Lipinski definition) is 6. The number of benzene rings is 2. The molecule has 0 amide bonds. The van der Waals surface area contributed by atoms with E-state index in [1.165, 1.54) is 6.07 Å². The van der Waals surface area contributed by atoms with Gasteiger partial charge in [0.1, 0.15) is 42.7 Å². The van der Waals surface area contributed by atoms with Crippen LogP contribution in [0.4, 0.5) is 4.39 Å². The molecule has 0 aliphatic carbocycles. The van der Waals surface area contributed by atoms with Crippen LogP contribution in [0.2, 0.25) is 10.0 Å². The van der Waals surface area contributed by atoms with Crippen LogP contribution in [0.15, 0.2) is 36.4 Å². The molecular weight excluding hydrogens is 470 g/mol. The van der Waals surface area contributed by atoms with Gasteiger partial charge in [0.25, 0.3) is 0 Å². The molecule has 3 rings (SSSR count). The minimum absolute atomic E-state index is 0.141. The van der Waals surface area contributed by atoms with E-state index >= 15 is 0 Å². The van der Waals surface area contributed by atoms with Gasteiger partial charge in [-0.15, -0.1) is 0 Å². The number of likely N-dealkylation sites (tertiary alicyclic amines) is 1. The zero-order valence-electron chi connectivity index (χ0n) is 18.6. The number of aryl methyl sites for hydroxylation is 1. The number of aliphatic hydroxyl groups excluding tert-OH is 2. The summed E-state index contributed by atoms with van der Waals surface area (Å²) >= 11 is 11.9. The lowest BCUT2D eigenvalue weighted by atomic mass is 10.0. The van der Waals surface area contributed by atoms with Gasteiger partial charge in [0.15, 0.2) is 0 Å². The maximum atomic E-state index is 13.3. The third-order valence-electron chi connectivity index (χ3n) is 5.60. The molecule has 1 saturated heterocycles. The fraction of sp³-hybridized carbons (Fsp3) is 0.500. The second-order valence-electron chi connectivity index (χ2n) is 8.40. The molecule has 1 heterocycles. The average Bonchev–Trinajstić information content (AvgIpc) is 2.80. The van der Waals surface area contributed by atoms with Gasteiger partial charge in [-0.1, -0.05) is 23.2 Å². The van der Waals surface area contributed by atoms with Crippen molar-refractivity contribution < 1.29 is 24.1 Å². The number of nitrogens with zero attached hydrogens (tertiary/aromatic N) is 1. The first-order valence-corrected chi connectivity index (χ1v) is 11.8. The predicted molar refractivity (Wildman–Crippen MR) is 128 cm³/mol.